The number of anilines is 1. The summed E-state index contributed by atoms with van der Waals surface area (Å²) >= 11 is 0. The second kappa shape index (κ2) is 8.89. The molecule has 33 heavy (non-hydrogen) atoms. The summed E-state index contributed by atoms with van der Waals surface area (Å²) in [6, 6.07) is 21.7. The fourth-order valence-electron chi connectivity index (χ4n) is 4.01. The Morgan fingerprint density at radius 3 is 2.27 bits per heavy atom. The van der Waals surface area contributed by atoms with Gasteiger partial charge in [0.1, 0.15) is 0 Å². The van der Waals surface area contributed by atoms with Gasteiger partial charge in [0.25, 0.3) is 0 Å². The lowest BCUT2D eigenvalue weighted by molar-refractivity contribution is -0.137. The van der Waals surface area contributed by atoms with Gasteiger partial charge < -0.3 is 5.32 Å². The molecule has 1 saturated heterocycles. The van der Waals surface area contributed by atoms with Crippen LogP contribution < -0.4 is 5.32 Å². The summed E-state index contributed by atoms with van der Waals surface area (Å²) in [4.78, 5) is -0.186. The number of halogens is 3. The number of nitriles is 1. The van der Waals surface area contributed by atoms with E-state index in [1.54, 1.807) is 24.3 Å². The van der Waals surface area contributed by atoms with E-state index in [2.05, 4.69) is 11.4 Å². The Morgan fingerprint density at radius 1 is 0.939 bits per heavy atom. The molecular weight excluding hydrogens is 451 g/mol. The van der Waals surface area contributed by atoms with E-state index < -0.39 is 21.8 Å². The lowest BCUT2D eigenvalue weighted by Crippen LogP contribution is -2.32. The van der Waals surface area contributed by atoms with Gasteiger partial charge >= 0.3 is 6.18 Å². The number of sulfonamides is 1. The van der Waals surface area contributed by atoms with Gasteiger partial charge in [0.2, 0.25) is 10.0 Å². The van der Waals surface area contributed by atoms with Crippen LogP contribution in [0.1, 0.15) is 22.6 Å². The fraction of sp³-hybridized carbons (Fsp3) is 0.208. The van der Waals surface area contributed by atoms with Gasteiger partial charge in [-0.15, -0.1) is 0 Å². The number of hydrogen-bond donors (Lipinski definition) is 1. The van der Waals surface area contributed by atoms with Crippen LogP contribution in [0.3, 0.4) is 0 Å². The van der Waals surface area contributed by atoms with Crippen molar-refractivity contribution in [2.24, 2.45) is 0 Å². The number of nitrogens with zero attached hydrogens (tertiary/aromatic N) is 2. The first-order valence-corrected chi connectivity index (χ1v) is 11.6. The lowest BCUT2D eigenvalue weighted by atomic mass is 9.94. The number of alkyl halides is 3. The molecule has 0 bridgehead atoms. The minimum Gasteiger partial charge on any atom is -0.380 e. The Hall–Kier alpha value is -3.35. The summed E-state index contributed by atoms with van der Waals surface area (Å²) in [7, 11) is -4.01. The van der Waals surface area contributed by atoms with E-state index >= 15 is 0 Å². The van der Waals surface area contributed by atoms with Crippen LogP contribution in [0.4, 0.5) is 18.9 Å². The van der Waals surface area contributed by atoms with Crippen molar-refractivity contribution in [2.45, 2.75) is 23.0 Å². The Bertz CT molecular complexity index is 1270. The predicted molar refractivity (Wildman–Crippen MR) is 118 cm³/mol. The molecule has 0 saturated carbocycles. The minimum absolute atomic E-state index is 0.125. The second-order valence-corrected chi connectivity index (χ2v) is 9.74. The third kappa shape index (κ3) is 4.87. The molecular formula is C24H20F3N3O2S. The highest BCUT2D eigenvalue weighted by Crippen LogP contribution is 2.35. The van der Waals surface area contributed by atoms with Crippen molar-refractivity contribution in [3.05, 3.63) is 95.6 Å². The molecule has 170 valence electrons. The van der Waals surface area contributed by atoms with E-state index in [-0.39, 0.29) is 29.9 Å². The van der Waals surface area contributed by atoms with Gasteiger partial charge in [0.15, 0.2) is 0 Å². The van der Waals surface area contributed by atoms with Gasteiger partial charge in [-0.1, -0.05) is 36.4 Å². The topological polar surface area (TPSA) is 73.2 Å². The molecule has 0 aliphatic carbocycles. The van der Waals surface area contributed by atoms with E-state index in [0.717, 1.165) is 29.8 Å². The maximum Gasteiger partial charge on any atom is 0.416 e. The average molecular weight is 472 g/mol. The quantitative estimate of drug-likeness (QED) is 0.578. The zero-order valence-corrected chi connectivity index (χ0v) is 18.1. The molecule has 1 aliphatic heterocycles. The van der Waals surface area contributed by atoms with E-state index in [1.807, 2.05) is 30.3 Å². The largest absolute Gasteiger partial charge is 0.416 e. The fourth-order valence-corrected chi connectivity index (χ4v) is 5.50. The maximum atomic E-state index is 13.2. The molecule has 1 aliphatic rings. The Labute approximate surface area is 190 Å². The Balaban J connectivity index is 1.63. The van der Waals surface area contributed by atoms with Crippen molar-refractivity contribution in [2.75, 3.05) is 18.4 Å². The van der Waals surface area contributed by atoms with Crippen LogP contribution in [0.25, 0.3) is 0 Å². The summed E-state index contributed by atoms with van der Waals surface area (Å²) in [6.45, 7) is 0.294. The molecule has 1 heterocycles. The Kier molecular flexibility index (Phi) is 6.15. The molecule has 5 nitrogen and oxygen atoms in total. The normalized spacial score (nSPS) is 19.2. The molecule has 0 aromatic heterocycles. The standard InChI is InChI=1S/C24H20F3N3O2S/c25-24(26,27)19-9-11-21(12-10-19)33(31,32)30-15-22(18-6-2-1-3-7-18)23(16-30)29-20-8-4-5-17(13-20)14-28/h1-13,22-23,29H,15-16H2. The molecule has 1 fully saturated rings. The van der Waals surface area contributed by atoms with E-state index in [9.17, 15) is 21.6 Å². The smallest absolute Gasteiger partial charge is 0.380 e. The first kappa shape index (κ1) is 22.8. The molecule has 4 rings (SSSR count). The minimum atomic E-state index is -4.54. The zero-order valence-electron chi connectivity index (χ0n) is 17.3. The van der Waals surface area contributed by atoms with Crippen molar-refractivity contribution in [1.82, 2.24) is 4.31 Å². The van der Waals surface area contributed by atoms with Gasteiger partial charge in [0, 0.05) is 30.7 Å². The Morgan fingerprint density at radius 2 is 1.64 bits per heavy atom. The molecule has 2 unspecified atom stereocenters. The van der Waals surface area contributed by atoms with E-state index in [1.165, 1.54) is 4.31 Å². The summed E-state index contributed by atoms with van der Waals surface area (Å²) in [5, 5.41) is 12.5. The number of rotatable bonds is 5. The van der Waals surface area contributed by atoms with Crippen molar-refractivity contribution >= 4 is 15.7 Å². The molecule has 0 radical (unpaired) electrons. The van der Waals surface area contributed by atoms with Crippen LogP contribution in [-0.4, -0.2) is 31.9 Å². The van der Waals surface area contributed by atoms with Gasteiger partial charge in [-0.2, -0.15) is 22.7 Å². The zero-order chi connectivity index (χ0) is 23.6. The number of hydrogen-bond acceptors (Lipinski definition) is 4. The summed E-state index contributed by atoms with van der Waals surface area (Å²) in [5.41, 5.74) is 1.20. The highest BCUT2D eigenvalue weighted by Gasteiger charge is 2.40. The molecule has 2 atom stereocenters. The van der Waals surface area contributed by atoms with Crippen molar-refractivity contribution < 1.29 is 21.6 Å². The van der Waals surface area contributed by atoms with Gasteiger partial charge in [-0.05, 0) is 48.0 Å². The molecule has 9 heteroatoms. The maximum absolute atomic E-state index is 13.2. The number of nitrogens with one attached hydrogen (secondary N) is 1. The predicted octanol–water partition coefficient (Wildman–Crippen LogP) is 4.85. The monoisotopic (exact) mass is 471 g/mol. The molecule has 1 N–H and O–H groups in total. The van der Waals surface area contributed by atoms with Gasteiger partial charge in [-0.25, -0.2) is 8.42 Å². The third-order valence-electron chi connectivity index (χ3n) is 5.68. The van der Waals surface area contributed by atoms with Crippen LogP contribution >= 0.6 is 0 Å². The molecule has 3 aromatic carbocycles. The van der Waals surface area contributed by atoms with Gasteiger partial charge in [-0.3, -0.25) is 0 Å². The van der Waals surface area contributed by atoms with E-state index in [4.69, 9.17) is 5.26 Å². The van der Waals surface area contributed by atoms with Crippen molar-refractivity contribution in [3.63, 3.8) is 0 Å². The highest BCUT2D eigenvalue weighted by atomic mass is 32.2. The van der Waals surface area contributed by atoms with Crippen molar-refractivity contribution in [1.29, 1.82) is 5.26 Å². The molecule has 0 amide bonds. The van der Waals surface area contributed by atoms with Crippen molar-refractivity contribution in [3.8, 4) is 6.07 Å². The van der Waals surface area contributed by atoms with Crippen LogP contribution in [0, 0.1) is 11.3 Å². The summed E-state index contributed by atoms with van der Waals surface area (Å²) < 4.78 is 66.4. The van der Waals surface area contributed by atoms with Crippen LogP contribution in [0.15, 0.2) is 83.8 Å². The van der Waals surface area contributed by atoms with Crippen LogP contribution in [0.5, 0.6) is 0 Å². The molecule has 0 spiro atoms. The van der Waals surface area contributed by atoms with Gasteiger partial charge in [0.05, 0.1) is 22.1 Å². The molecule has 3 aromatic rings. The second-order valence-electron chi connectivity index (χ2n) is 7.80. The lowest BCUT2D eigenvalue weighted by Gasteiger charge is -2.21. The van der Waals surface area contributed by atoms with E-state index in [0.29, 0.717) is 11.3 Å². The third-order valence-corrected chi connectivity index (χ3v) is 7.52. The van der Waals surface area contributed by atoms with Crippen LogP contribution in [-0.2, 0) is 16.2 Å². The first-order valence-electron chi connectivity index (χ1n) is 10.2. The summed E-state index contributed by atoms with van der Waals surface area (Å²) in [6.07, 6.45) is -4.54. The highest BCUT2D eigenvalue weighted by molar-refractivity contribution is 7.89. The number of benzene rings is 3. The summed E-state index contributed by atoms with van der Waals surface area (Å²) in [5.74, 6) is -0.193. The van der Waals surface area contributed by atoms with Crippen LogP contribution in [0.2, 0.25) is 0 Å². The average Bonchev–Trinajstić information content (AvgIpc) is 3.24. The first-order chi connectivity index (χ1) is 15.7. The SMILES string of the molecule is N#Cc1cccc(NC2CN(S(=O)(=O)c3ccc(C(F)(F)F)cc3)CC2c2ccccc2)c1.